The molecule has 0 aromatic carbocycles. The molecule has 0 N–H and O–H groups in total. The molecule has 0 aliphatic rings. The predicted octanol–water partition coefficient (Wildman–Crippen LogP) is 10.7. The molecule has 0 aromatic heterocycles. The molecular weight excluding hydrogens is 918 g/mol. The van der Waals surface area contributed by atoms with Crippen molar-refractivity contribution in [2.45, 2.75) is 97.1 Å². The largest absolute Gasteiger partial charge is 0.462 e. The Hall–Kier alpha value is -2.58. The minimum atomic E-state index is -9.29. The standard InChI is InChI=1S/C16F34O5/c17-1(18,5(22,23)24)10(37,38)54-15(47,48)16(49,50)55-14(45,46)13(43,44)53-4(21,9(34,35)36)12(41,42)52-3(20,8(31,32)33)11(39,40)51-2(19,6(25,26)27)7(28,29)30. The number of rotatable bonds is 15. The Kier molecular flexibility index (Phi) is 12.9. The second-order valence-electron chi connectivity index (χ2n) is 8.98. The lowest BCUT2D eigenvalue weighted by atomic mass is 10.2. The number of hydrogen-bond donors (Lipinski definition) is 0. The second kappa shape index (κ2) is 13.5. The van der Waals surface area contributed by atoms with Gasteiger partial charge in [0, 0.05) is 0 Å². The van der Waals surface area contributed by atoms with E-state index in [4.69, 9.17) is 0 Å². The van der Waals surface area contributed by atoms with Crippen LogP contribution in [0.4, 0.5) is 149 Å². The van der Waals surface area contributed by atoms with Crippen LogP contribution in [0.3, 0.4) is 0 Å². The molecule has 0 spiro atoms. The van der Waals surface area contributed by atoms with Gasteiger partial charge in [-0.25, -0.2) is 9.47 Å². The average Bonchev–Trinajstić information content (AvgIpc) is 2.82. The van der Waals surface area contributed by atoms with Gasteiger partial charge >= 0.3 is 97.1 Å². The van der Waals surface area contributed by atoms with Crippen LogP contribution >= 0.6 is 0 Å². The van der Waals surface area contributed by atoms with E-state index in [-0.39, 0.29) is 0 Å². The molecule has 0 radical (unpaired) electrons. The van der Waals surface area contributed by atoms with Crippen molar-refractivity contribution in [2.24, 2.45) is 0 Å². The van der Waals surface area contributed by atoms with E-state index in [2.05, 4.69) is 0 Å². The van der Waals surface area contributed by atoms with Crippen molar-refractivity contribution in [3.05, 3.63) is 0 Å². The van der Waals surface area contributed by atoms with Crippen LogP contribution in [-0.4, -0.2) is 97.1 Å². The van der Waals surface area contributed by atoms with Crippen LogP contribution in [-0.2, 0) is 23.7 Å². The minimum absolute atomic E-state index is 0.771. The zero-order valence-electron chi connectivity index (χ0n) is 22.9. The van der Waals surface area contributed by atoms with Crippen molar-refractivity contribution < 1.29 is 173 Å². The van der Waals surface area contributed by atoms with Crippen molar-refractivity contribution >= 4 is 0 Å². The first-order valence-electron chi connectivity index (χ1n) is 11.0. The molecule has 0 amide bonds. The third kappa shape index (κ3) is 9.11. The lowest BCUT2D eigenvalue weighted by Crippen LogP contribution is -2.71. The first-order chi connectivity index (χ1) is 23.0. The van der Waals surface area contributed by atoms with Crippen molar-refractivity contribution in [1.29, 1.82) is 0 Å². The molecule has 0 aromatic rings. The summed E-state index contributed by atoms with van der Waals surface area (Å²) in [6.45, 7) is 0. The normalized spacial score (nSPS) is 18.7. The molecule has 2 unspecified atom stereocenters. The Morgan fingerprint density at radius 3 is 0.564 bits per heavy atom. The summed E-state index contributed by atoms with van der Waals surface area (Å²) in [6, 6.07) is 0. The fraction of sp³-hybridized carbons (Fsp3) is 1.00. The summed E-state index contributed by atoms with van der Waals surface area (Å²) < 4.78 is 448. The maximum Gasteiger partial charge on any atom is 0.462 e. The summed E-state index contributed by atoms with van der Waals surface area (Å²) in [4.78, 5) is 0. The number of hydrogen-bond acceptors (Lipinski definition) is 5. The third-order valence-electron chi connectivity index (χ3n) is 4.93. The first kappa shape index (κ1) is 52.4. The van der Waals surface area contributed by atoms with Crippen LogP contribution < -0.4 is 0 Å². The van der Waals surface area contributed by atoms with Gasteiger partial charge in [0.15, 0.2) is 0 Å². The monoisotopic (exact) mass is 918 g/mol. The average molecular weight is 918 g/mol. The van der Waals surface area contributed by atoms with Crippen molar-refractivity contribution in [3.63, 3.8) is 0 Å². The number of halogens is 34. The Labute approximate surface area is 271 Å². The zero-order valence-corrected chi connectivity index (χ0v) is 22.9. The molecule has 39 heteroatoms. The van der Waals surface area contributed by atoms with Gasteiger partial charge in [0.25, 0.3) is 0 Å². The SMILES string of the molecule is FC(F)(F)C(F)(F)C(F)(F)OC(F)(F)C(F)(F)OC(F)(F)C(F)(F)OC(F)(C(F)(F)F)C(F)(F)OC(F)(C(F)(F)F)C(F)(F)OC(F)(C(F)(F)F)C(F)(F)F. The van der Waals surface area contributed by atoms with Gasteiger partial charge in [-0.3, -0.25) is 14.2 Å². The summed E-state index contributed by atoms with van der Waals surface area (Å²) in [5, 5.41) is 0. The quantitative estimate of drug-likeness (QED) is 0.153. The van der Waals surface area contributed by atoms with Crippen molar-refractivity contribution in [2.75, 3.05) is 0 Å². The van der Waals surface area contributed by atoms with Crippen LogP contribution in [0.2, 0.25) is 0 Å². The van der Waals surface area contributed by atoms with Gasteiger partial charge in [-0.1, -0.05) is 0 Å². The van der Waals surface area contributed by atoms with Gasteiger partial charge in [-0.15, -0.1) is 0 Å². The molecule has 0 aliphatic heterocycles. The van der Waals surface area contributed by atoms with E-state index >= 15 is 0 Å². The van der Waals surface area contributed by atoms with E-state index < -0.39 is 97.1 Å². The minimum Gasteiger partial charge on any atom is -0.263 e. The molecule has 0 rings (SSSR count). The Morgan fingerprint density at radius 2 is 0.345 bits per heavy atom. The summed E-state index contributed by atoms with van der Waals surface area (Å²) in [6.07, 6.45) is -104. The van der Waals surface area contributed by atoms with Gasteiger partial charge in [-0.2, -0.15) is 149 Å². The summed E-state index contributed by atoms with van der Waals surface area (Å²) in [7, 11) is 0. The van der Waals surface area contributed by atoms with E-state index in [1.54, 1.807) is 0 Å². The predicted molar refractivity (Wildman–Crippen MR) is 86.8 cm³/mol. The molecule has 5 nitrogen and oxygen atoms in total. The Morgan fingerprint density at radius 1 is 0.164 bits per heavy atom. The highest BCUT2D eigenvalue weighted by molar-refractivity contribution is 4.98. The smallest absolute Gasteiger partial charge is 0.263 e. The number of ether oxygens (including phenoxy) is 5. The molecule has 0 bridgehead atoms. The van der Waals surface area contributed by atoms with E-state index in [0.717, 1.165) is 23.7 Å². The van der Waals surface area contributed by atoms with Crippen LogP contribution in [0.25, 0.3) is 0 Å². The molecular formula is C16F34O5. The molecule has 0 heterocycles. The second-order valence-corrected chi connectivity index (χ2v) is 8.98. The van der Waals surface area contributed by atoms with Gasteiger partial charge in [0.1, 0.15) is 0 Å². The van der Waals surface area contributed by atoms with E-state index in [1.165, 1.54) is 0 Å². The topological polar surface area (TPSA) is 46.2 Å². The van der Waals surface area contributed by atoms with Gasteiger partial charge < -0.3 is 0 Å². The van der Waals surface area contributed by atoms with E-state index in [0.29, 0.717) is 0 Å². The van der Waals surface area contributed by atoms with Crippen molar-refractivity contribution in [3.8, 4) is 0 Å². The highest BCUT2D eigenvalue weighted by Crippen LogP contribution is 2.60. The summed E-state index contributed by atoms with van der Waals surface area (Å²) in [5.41, 5.74) is 0. The van der Waals surface area contributed by atoms with Crippen LogP contribution in [0, 0.1) is 0 Å². The molecule has 332 valence electrons. The van der Waals surface area contributed by atoms with Gasteiger partial charge in [0.05, 0.1) is 0 Å². The molecule has 0 saturated carbocycles. The third-order valence-corrected chi connectivity index (χ3v) is 4.93. The molecule has 0 aliphatic carbocycles. The molecule has 2 atom stereocenters. The number of alkyl halides is 34. The van der Waals surface area contributed by atoms with Crippen LogP contribution in [0.1, 0.15) is 0 Å². The fourth-order valence-corrected chi connectivity index (χ4v) is 2.29. The van der Waals surface area contributed by atoms with Crippen LogP contribution in [0.5, 0.6) is 0 Å². The highest BCUT2D eigenvalue weighted by atomic mass is 19.5. The molecule has 0 saturated heterocycles. The fourth-order valence-electron chi connectivity index (χ4n) is 2.29. The zero-order chi connectivity index (χ0) is 45.5. The first-order valence-corrected chi connectivity index (χ1v) is 11.0. The van der Waals surface area contributed by atoms with Gasteiger partial charge in [-0.05, 0) is 0 Å². The van der Waals surface area contributed by atoms with Gasteiger partial charge in [0.2, 0.25) is 0 Å². The highest BCUT2D eigenvalue weighted by Gasteiger charge is 2.89. The Balaban J connectivity index is 7.32. The lowest BCUT2D eigenvalue weighted by Gasteiger charge is -2.43. The maximum absolute atomic E-state index is 14.3. The van der Waals surface area contributed by atoms with Crippen LogP contribution in [0.15, 0.2) is 0 Å². The maximum atomic E-state index is 14.3. The summed E-state index contributed by atoms with van der Waals surface area (Å²) >= 11 is 0. The van der Waals surface area contributed by atoms with E-state index in [1.807, 2.05) is 0 Å². The van der Waals surface area contributed by atoms with Crippen molar-refractivity contribution in [1.82, 2.24) is 0 Å². The molecule has 55 heavy (non-hydrogen) atoms. The Bertz CT molecular complexity index is 1320. The summed E-state index contributed by atoms with van der Waals surface area (Å²) in [5.74, 6) is -35.1. The lowest BCUT2D eigenvalue weighted by molar-refractivity contribution is -0.599. The van der Waals surface area contributed by atoms with E-state index in [9.17, 15) is 149 Å². The molecule has 0 fully saturated rings.